The van der Waals surface area contributed by atoms with Crippen LogP contribution in [0.25, 0.3) is 0 Å². The van der Waals surface area contributed by atoms with Gasteiger partial charge in [0.05, 0.1) is 21.3 Å². The summed E-state index contributed by atoms with van der Waals surface area (Å²) in [6, 6.07) is 3.36. The zero-order valence-electron chi connectivity index (χ0n) is 12.9. The molecule has 0 aromatic heterocycles. The van der Waals surface area contributed by atoms with Crippen molar-refractivity contribution in [1.82, 2.24) is 4.90 Å². The minimum atomic E-state index is -0.0458. The molecule has 0 saturated carbocycles. The number of benzene rings is 1. The summed E-state index contributed by atoms with van der Waals surface area (Å²) in [5.74, 6) is 1.40. The minimum Gasteiger partial charge on any atom is -0.493 e. The highest BCUT2D eigenvalue weighted by Gasteiger charge is 2.20. The van der Waals surface area contributed by atoms with Crippen molar-refractivity contribution in [2.24, 2.45) is 0 Å². The van der Waals surface area contributed by atoms with E-state index in [-0.39, 0.29) is 5.91 Å². The van der Waals surface area contributed by atoms with Crippen molar-refractivity contribution in [3.63, 3.8) is 0 Å². The van der Waals surface area contributed by atoms with Crippen molar-refractivity contribution < 1.29 is 19.0 Å². The topological polar surface area (TPSA) is 48.0 Å². The Labute approximate surface area is 134 Å². The van der Waals surface area contributed by atoms with Crippen LogP contribution in [0.3, 0.4) is 0 Å². The number of hydrogen-bond donors (Lipinski definition) is 0. The molecule has 0 aliphatic rings. The Morgan fingerprint density at radius 3 is 2.05 bits per heavy atom. The molecular formula is C15H22BrNO4. The highest BCUT2D eigenvalue weighted by atomic mass is 79.9. The number of nitrogens with zero attached hydrogens (tertiary/aromatic N) is 1. The quantitative estimate of drug-likeness (QED) is 0.669. The molecule has 1 aromatic carbocycles. The first-order valence-corrected chi connectivity index (χ1v) is 7.90. The second-order valence-corrected chi connectivity index (χ2v) is 5.19. The lowest BCUT2D eigenvalue weighted by atomic mass is 10.1. The van der Waals surface area contributed by atoms with Crippen molar-refractivity contribution in [1.29, 1.82) is 0 Å². The standard InChI is InChI=1S/C15H22BrNO4/c1-5-7-17(8-6-16)15(18)11-9-12(19-2)14(21-4)13(10-11)20-3/h9-10H,5-8H2,1-4H3. The fourth-order valence-corrected chi connectivity index (χ4v) is 2.50. The van der Waals surface area contributed by atoms with Gasteiger partial charge in [0.15, 0.2) is 11.5 Å². The predicted octanol–water partition coefficient (Wildman–Crippen LogP) is 2.96. The van der Waals surface area contributed by atoms with Gasteiger partial charge in [0, 0.05) is 24.0 Å². The number of halogens is 1. The highest BCUT2D eigenvalue weighted by molar-refractivity contribution is 9.09. The van der Waals surface area contributed by atoms with Gasteiger partial charge in [-0.2, -0.15) is 0 Å². The van der Waals surface area contributed by atoms with Crippen LogP contribution < -0.4 is 14.2 Å². The van der Waals surface area contributed by atoms with E-state index in [0.29, 0.717) is 35.9 Å². The van der Waals surface area contributed by atoms with Crippen molar-refractivity contribution in [2.45, 2.75) is 13.3 Å². The summed E-state index contributed by atoms with van der Waals surface area (Å²) in [5.41, 5.74) is 0.527. The summed E-state index contributed by atoms with van der Waals surface area (Å²) in [6.45, 7) is 3.41. The van der Waals surface area contributed by atoms with Crippen molar-refractivity contribution in [2.75, 3.05) is 39.7 Å². The van der Waals surface area contributed by atoms with Gasteiger partial charge in [0.25, 0.3) is 5.91 Å². The fraction of sp³-hybridized carbons (Fsp3) is 0.533. The van der Waals surface area contributed by atoms with E-state index in [9.17, 15) is 4.79 Å². The van der Waals surface area contributed by atoms with Crippen molar-refractivity contribution in [3.05, 3.63) is 17.7 Å². The smallest absolute Gasteiger partial charge is 0.254 e. The van der Waals surface area contributed by atoms with Crippen LogP contribution in [-0.4, -0.2) is 50.6 Å². The minimum absolute atomic E-state index is 0.0458. The van der Waals surface area contributed by atoms with E-state index in [0.717, 1.165) is 11.8 Å². The summed E-state index contributed by atoms with van der Waals surface area (Å²) < 4.78 is 15.8. The lowest BCUT2D eigenvalue weighted by molar-refractivity contribution is 0.0765. The molecule has 1 rings (SSSR count). The van der Waals surface area contributed by atoms with Crippen LogP contribution in [0, 0.1) is 0 Å². The summed E-state index contributed by atoms with van der Waals surface area (Å²) in [4.78, 5) is 14.4. The average Bonchev–Trinajstić information content (AvgIpc) is 2.52. The second kappa shape index (κ2) is 8.77. The molecule has 1 amide bonds. The van der Waals surface area contributed by atoms with Gasteiger partial charge in [-0.3, -0.25) is 4.79 Å². The first-order valence-electron chi connectivity index (χ1n) is 6.78. The van der Waals surface area contributed by atoms with E-state index in [1.165, 1.54) is 21.3 Å². The van der Waals surface area contributed by atoms with Gasteiger partial charge in [-0.1, -0.05) is 22.9 Å². The molecule has 118 valence electrons. The van der Waals surface area contributed by atoms with E-state index in [2.05, 4.69) is 15.9 Å². The van der Waals surface area contributed by atoms with Gasteiger partial charge >= 0.3 is 0 Å². The normalized spacial score (nSPS) is 10.1. The van der Waals surface area contributed by atoms with Gasteiger partial charge in [-0.05, 0) is 18.6 Å². The molecule has 6 heteroatoms. The van der Waals surface area contributed by atoms with E-state index >= 15 is 0 Å². The summed E-state index contributed by atoms with van der Waals surface area (Å²) in [7, 11) is 4.61. The maximum Gasteiger partial charge on any atom is 0.254 e. The van der Waals surface area contributed by atoms with Crippen LogP contribution in [0.1, 0.15) is 23.7 Å². The van der Waals surface area contributed by atoms with Crippen molar-refractivity contribution >= 4 is 21.8 Å². The van der Waals surface area contributed by atoms with Gasteiger partial charge in [0.2, 0.25) is 5.75 Å². The number of methoxy groups -OCH3 is 3. The molecule has 0 saturated heterocycles. The zero-order chi connectivity index (χ0) is 15.8. The highest BCUT2D eigenvalue weighted by Crippen LogP contribution is 2.38. The van der Waals surface area contributed by atoms with Crippen molar-refractivity contribution in [3.8, 4) is 17.2 Å². The first kappa shape index (κ1) is 17.6. The number of alkyl halides is 1. The SMILES string of the molecule is CCCN(CCBr)C(=O)c1cc(OC)c(OC)c(OC)c1. The average molecular weight is 360 g/mol. The molecule has 0 aliphatic heterocycles. The van der Waals surface area contributed by atoms with Gasteiger partial charge in [0.1, 0.15) is 0 Å². The molecule has 5 nitrogen and oxygen atoms in total. The lowest BCUT2D eigenvalue weighted by Crippen LogP contribution is -2.33. The fourth-order valence-electron chi connectivity index (χ4n) is 2.07. The van der Waals surface area contributed by atoms with Gasteiger partial charge in [-0.15, -0.1) is 0 Å². The Morgan fingerprint density at radius 1 is 1.10 bits per heavy atom. The third-order valence-electron chi connectivity index (χ3n) is 3.05. The van der Waals surface area contributed by atoms with E-state index in [4.69, 9.17) is 14.2 Å². The number of carbonyl (C=O) groups excluding carboxylic acids is 1. The number of hydrogen-bond acceptors (Lipinski definition) is 4. The van der Waals surface area contributed by atoms with Crippen LogP contribution >= 0.6 is 15.9 Å². The number of amides is 1. The van der Waals surface area contributed by atoms with Gasteiger partial charge in [-0.25, -0.2) is 0 Å². The number of ether oxygens (including phenoxy) is 3. The molecule has 0 radical (unpaired) electrons. The first-order chi connectivity index (χ1) is 10.1. The Hall–Kier alpha value is -1.43. The number of carbonyl (C=O) groups is 1. The molecule has 0 aliphatic carbocycles. The molecule has 0 unspecified atom stereocenters. The Balaban J connectivity index is 3.19. The second-order valence-electron chi connectivity index (χ2n) is 4.40. The molecule has 0 spiro atoms. The molecule has 0 atom stereocenters. The largest absolute Gasteiger partial charge is 0.493 e. The summed E-state index contributed by atoms with van der Waals surface area (Å²) in [5, 5.41) is 0.739. The third-order valence-corrected chi connectivity index (χ3v) is 3.40. The molecular weight excluding hydrogens is 338 g/mol. The zero-order valence-corrected chi connectivity index (χ0v) is 14.5. The summed E-state index contributed by atoms with van der Waals surface area (Å²) >= 11 is 3.38. The Kier molecular flexibility index (Phi) is 7.36. The number of rotatable bonds is 8. The van der Waals surface area contributed by atoms with Crippen LogP contribution in [0.2, 0.25) is 0 Å². The van der Waals surface area contributed by atoms with Gasteiger partial charge < -0.3 is 19.1 Å². The summed E-state index contributed by atoms with van der Waals surface area (Å²) in [6.07, 6.45) is 0.906. The Bertz CT molecular complexity index is 448. The maximum atomic E-state index is 12.6. The molecule has 0 bridgehead atoms. The van der Waals surface area contributed by atoms with Crippen LogP contribution in [-0.2, 0) is 0 Å². The molecule has 0 fully saturated rings. The third kappa shape index (κ3) is 4.27. The molecule has 0 heterocycles. The molecule has 21 heavy (non-hydrogen) atoms. The molecule has 0 N–H and O–H groups in total. The van der Waals surface area contributed by atoms with Crippen LogP contribution in [0.5, 0.6) is 17.2 Å². The van der Waals surface area contributed by atoms with Crippen LogP contribution in [0.4, 0.5) is 0 Å². The van der Waals surface area contributed by atoms with E-state index in [1.807, 2.05) is 6.92 Å². The molecule has 1 aromatic rings. The van der Waals surface area contributed by atoms with Crippen LogP contribution in [0.15, 0.2) is 12.1 Å². The van der Waals surface area contributed by atoms with E-state index < -0.39 is 0 Å². The Morgan fingerprint density at radius 2 is 1.67 bits per heavy atom. The maximum absolute atomic E-state index is 12.6. The monoisotopic (exact) mass is 359 g/mol. The lowest BCUT2D eigenvalue weighted by Gasteiger charge is -2.22. The predicted molar refractivity (Wildman–Crippen MR) is 86.1 cm³/mol. The van der Waals surface area contributed by atoms with E-state index in [1.54, 1.807) is 17.0 Å².